The molecule has 1 aliphatic carbocycles. The van der Waals surface area contributed by atoms with Gasteiger partial charge in [0.05, 0.1) is 23.6 Å². The summed E-state index contributed by atoms with van der Waals surface area (Å²) in [6, 6.07) is 13.9. The standard InChI is InChI=1S/C20H20N2O3S/c23-20(18-19(25-13-21-18)17-10-5-11-26-17)22-15-8-4-9-16(15)24-12-14-6-2-1-3-7-14/h1-3,5-7,10-11,13,15-16H,4,8-9,12H2,(H,22,23). The van der Waals surface area contributed by atoms with Gasteiger partial charge in [0.15, 0.2) is 17.8 Å². The average Bonchev–Trinajstić information content (AvgIpc) is 3.41. The van der Waals surface area contributed by atoms with Gasteiger partial charge in [0.1, 0.15) is 0 Å². The topological polar surface area (TPSA) is 64.4 Å². The van der Waals surface area contributed by atoms with Crippen molar-refractivity contribution in [3.05, 3.63) is 65.5 Å². The monoisotopic (exact) mass is 368 g/mol. The van der Waals surface area contributed by atoms with E-state index >= 15 is 0 Å². The molecule has 6 heteroatoms. The highest BCUT2D eigenvalue weighted by Gasteiger charge is 2.31. The number of hydrogen-bond acceptors (Lipinski definition) is 5. The summed E-state index contributed by atoms with van der Waals surface area (Å²) < 4.78 is 11.5. The summed E-state index contributed by atoms with van der Waals surface area (Å²) in [6.45, 7) is 0.558. The van der Waals surface area contributed by atoms with Gasteiger partial charge >= 0.3 is 0 Å². The number of thiophene rings is 1. The summed E-state index contributed by atoms with van der Waals surface area (Å²) in [5.41, 5.74) is 1.47. The fourth-order valence-corrected chi connectivity index (χ4v) is 4.01. The molecule has 1 fully saturated rings. The molecule has 1 aromatic carbocycles. The van der Waals surface area contributed by atoms with Gasteiger partial charge in [0.2, 0.25) is 0 Å². The largest absolute Gasteiger partial charge is 0.442 e. The van der Waals surface area contributed by atoms with Crippen LogP contribution < -0.4 is 5.32 Å². The van der Waals surface area contributed by atoms with Gasteiger partial charge in [-0.05, 0) is 36.3 Å². The molecule has 2 heterocycles. The lowest BCUT2D eigenvalue weighted by Gasteiger charge is -2.21. The zero-order valence-corrected chi connectivity index (χ0v) is 15.1. The van der Waals surface area contributed by atoms with E-state index in [1.54, 1.807) is 0 Å². The van der Waals surface area contributed by atoms with Gasteiger partial charge in [-0.2, -0.15) is 0 Å². The van der Waals surface area contributed by atoms with Crippen LogP contribution in [0, 0.1) is 0 Å². The van der Waals surface area contributed by atoms with E-state index in [1.807, 2.05) is 47.8 Å². The highest BCUT2D eigenvalue weighted by Crippen LogP contribution is 2.28. The number of nitrogens with one attached hydrogen (secondary N) is 1. The van der Waals surface area contributed by atoms with Crippen molar-refractivity contribution >= 4 is 17.2 Å². The van der Waals surface area contributed by atoms with Crippen LogP contribution in [0.4, 0.5) is 0 Å². The van der Waals surface area contributed by atoms with Crippen molar-refractivity contribution in [1.82, 2.24) is 10.3 Å². The number of ether oxygens (including phenoxy) is 1. The highest BCUT2D eigenvalue weighted by atomic mass is 32.1. The number of hydrogen-bond donors (Lipinski definition) is 1. The zero-order chi connectivity index (χ0) is 17.8. The molecule has 0 aliphatic heterocycles. The summed E-state index contributed by atoms with van der Waals surface area (Å²) >= 11 is 1.52. The molecule has 2 unspecified atom stereocenters. The number of nitrogens with zero attached hydrogens (tertiary/aromatic N) is 1. The summed E-state index contributed by atoms with van der Waals surface area (Å²) in [4.78, 5) is 17.7. The first kappa shape index (κ1) is 17.0. The Hall–Kier alpha value is -2.44. The van der Waals surface area contributed by atoms with Crippen LogP contribution >= 0.6 is 11.3 Å². The molecule has 5 nitrogen and oxygen atoms in total. The van der Waals surface area contributed by atoms with E-state index in [-0.39, 0.29) is 18.1 Å². The van der Waals surface area contributed by atoms with Crippen LogP contribution in [0.5, 0.6) is 0 Å². The third-order valence-corrected chi connectivity index (χ3v) is 5.47. The van der Waals surface area contributed by atoms with E-state index in [1.165, 1.54) is 17.7 Å². The zero-order valence-electron chi connectivity index (χ0n) is 14.3. The molecule has 0 spiro atoms. The van der Waals surface area contributed by atoms with Crippen LogP contribution in [0.3, 0.4) is 0 Å². The first-order valence-corrected chi connectivity index (χ1v) is 9.63. The van der Waals surface area contributed by atoms with E-state index in [4.69, 9.17) is 9.15 Å². The first-order valence-electron chi connectivity index (χ1n) is 8.75. The third kappa shape index (κ3) is 3.71. The van der Waals surface area contributed by atoms with Crippen molar-refractivity contribution in [2.24, 2.45) is 0 Å². The molecule has 3 aromatic rings. The average molecular weight is 368 g/mol. The number of oxazole rings is 1. The number of rotatable bonds is 6. The van der Waals surface area contributed by atoms with Crippen LogP contribution in [0.1, 0.15) is 35.3 Å². The Labute approximate surface area is 156 Å². The molecule has 0 saturated heterocycles. The second-order valence-corrected chi connectivity index (χ2v) is 7.30. The molecule has 1 aliphatic rings. The predicted molar refractivity (Wildman–Crippen MR) is 99.9 cm³/mol. The fourth-order valence-electron chi connectivity index (χ4n) is 3.30. The highest BCUT2D eigenvalue weighted by molar-refractivity contribution is 7.13. The Morgan fingerprint density at radius 1 is 1.23 bits per heavy atom. The van der Waals surface area contributed by atoms with Gasteiger partial charge in [0, 0.05) is 0 Å². The van der Waals surface area contributed by atoms with Crippen LogP contribution in [0.15, 0.2) is 58.7 Å². The van der Waals surface area contributed by atoms with Gasteiger partial charge in [-0.1, -0.05) is 36.4 Å². The molecule has 4 rings (SSSR count). The Morgan fingerprint density at radius 3 is 2.92 bits per heavy atom. The fraction of sp³-hybridized carbons (Fsp3) is 0.300. The maximum atomic E-state index is 12.7. The predicted octanol–water partition coefficient (Wildman–Crippen LogP) is 4.27. The third-order valence-electron chi connectivity index (χ3n) is 4.60. The van der Waals surface area contributed by atoms with E-state index in [9.17, 15) is 4.79 Å². The number of amides is 1. The van der Waals surface area contributed by atoms with Gasteiger partial charge in [-0.25, -0.2) is 4.98 Å². The summed E-state index contributed by atoms with van der Waals surface area (Å²) in [7, 11) is 0. The van der Waals surface area contributed by atoms with Crippen molar-refractivity contribution in [3.63, 3.8) is 0 Å². The molecule has 26 heavy (non-hydrogen) atoms. The maximum absolute atomic E-state index is 12.7. The Kier molecular flexibility index (Phi) is 5.13. The van der Waals surface area contributed by atoms with E-state index in [0.29, 0.717) is 18.1 Å². The van der Waals surface area contributed by atoms with Crippen LogP contribution in [0.25, 0.3) is 10.6 Å². The van der Waals surface area contributed by atoms with Crippen LogP contribution in [0.2, 0.25) is 0 Å². The molecule has 2 aromatic heterocycles. The minimum Gasteiger partial charge on any atom is -0.442 e. The quantitative estimate of drug-likeness (QED) is 0.706. The number of aromatic nitrogens is 1. The smallest absolute Gasteiger partial charge is 0.274 e. The molecule has 1 amide bonds. The van der Waals surface area contributed by atoms with Gasteiger partial charge in [-0.15, -0.1) is 11.3 Å². The van der Waals surface area contributed by atoms with Crippen molar-refractivity contribution in [1.29, 1.82) is 0 Å². The van der Waals surface area contributed by atoms with E-state index in [0.717, 1.165) is 29.7 Å². The van der Waals surface area contributed by atoms with Crippen LogP contribution in [-0.2, 0) is 11.3 Å². The second kappa shape index (κ2) is 7.85. The SMILES string of the molecule is O=C(NC1CCCC1OCc1ccccc1)c1ncoc1-c1cccs1. The van der Waals surface area contributed by atoms with Crippen molar-refractivity contribution in [3.8, 4) is 10.6 Å². The molecular weight excluding hydrogens is 348 g/mol. The van der Waals surface area contributed by atoms with Gasteiger partial charge in [-0.3, -0.25) is 4.79 Å². The summed E-state index contributed by atoms with van der Waals surface area (Å²) in [5.74, 6) is 0.319. The molecular formula is C20H20N2O3S. The van der Waals surface area contributed by atoms with E-state index < -0.39 is 0 Å². The summed E-state index contributed by atoms with van der Waals surface area (Å²) in [5, 5.41) is 5.04. The van der Waals surface area contributed by atoms with Crippen molar-refractivity contribution < 1.29 is 13.9 Å². The Balaban J connectivity index is 1.40. The number of benzene rings is 1. The molecule has 2 atom stereocenters. The van der Waals surface area contributed by atoms with E-state index in [2.05, 4.69) is 10.3 Å². The van der Waals surface area contributed by atoms with Crippen molar-refractivity contribution in [2.45, 2.75) is 38.0 Å². The van der Waals surface area contributed by atoms with Gasteiger partial charge in [0.25, 0.3) is 5.91 Å². The number of carbonyl (C=O) groups excluding carboxylic acids is 1. The first-order chi connectivity index (χ1) is 12.8. The molecule has 134 valence electrons. The lowest BCUT2D eigenvalue weighted by Crippen LogP contribution is -2.41. The Bertz CT molecular complexity index is 845. The minimum absolute atomic E-state index is 0.000835. The minimum atomic E-state index is -0.206. The maximum Gasteiger partial charge on any atom is 0.274 e. The lowest BCUT2D eigenvalue weighted by atomic mass is 10.2. The molecule has 0 bridgehead atoms. The molecule has 0 radical (unpaired) electrons. The van der Waals surface area contributed by atoms with Crippen LogP contribution in [-0.4, -0.2) is 23.0 Å². The Morgan fingerprint density at radius 2 is 2.12 bits per heavy atom. The normalized spacial score (nSPS) is 19.5. The molecule has 1 N–H and O–H groups in total. The number of carbonyl (C=O) groups is 1. The van der Waals surface area contributed by atoms with Gasteiger partial charge < -0.3 is 14.5 Å². The lowest BCUT2D eigenvalue weighted by molar-refractivity contribution is 0.0271. The molecule has 1 saturated carbocycles. The second-order valence-electron chi connectivity index (χ2n) is 6.35. The summed E-state index contributed by atoms with van der Waals surface area (Å²) in [6.07, 6.45) is 4.26. The van der Waals surface area contributed by atoms with Crippen molar-refractivity contribution in [2.75, 3.05) is 0 Å².